The van der Waals surface area contributed by atoms with Gasteiger partial charge in [-0.05, 0) is 58.9 Å². The quantitative estimate of drug-likeness (QED) is 0.334. The largest absolute Gasteiger partial charge is 0.459 e. The van der Waals surface area contributed by atoms with Crippen LogP contribution < -0.4 is 10.6 Å². The second-order valence-corrected chi connectivity index (χ2v) is 9.63. The van der Waals surface area contributed by atoms with Crippen molar-refractivity contribution >= 4 is 57.7 Å². The van der Waals surface area contributed by atoms with E-state index in [1.165, 1.54) is 11.0 Å². The number of ketones is 1. The summed E-state index contributed by atoms with van der Waals surface area (Å²) in [4.78, 5) is 39.2. The Hall–Kier alpha value is -3.11. The van der Waals surface area contributed by atoms with Crippen molar-refractivity contribution in [3.05, 3.63) is 98.8 Å². The zero-order valence-electron chi connectivity index (χ0n) is 18.6. The summed E-state index contributed by atoms with van der Waals surface area (Å²) >= 11 is 8.32. The molecule has 0 bridgehead atoms. The van der Waals surface area contributed by atoms with Crippen molar-refractivity contribution in [1.29, 1.82) is 0 Å². The van der Waals surface area contributed by atoms with E-state index in [4.69, 9.17) is 16.3 Å². The third-order valence-corrected chi connectivity index (χ3v) is 6.70. The smallest absolute Gasteiger partial charge is 0.329 e. The van der Waals surface area contributed by atoms with Crippen LogP contribution in [0.5, 0.6) is 0 Å². The number of nitrogens with zero attached hydrogens (tertiary/aromatic N) is 1. The molecule has 1 aliphatic carbocycles. The molecule has 0 spiro atoms. The number of amides is 2. The van der Waals surface area contributed by atoms with Gasteiger partial charge in [-0.1, -0.05) is 66.2 Å². The third-order valence-electron chi connectivity index (χ3n) is 5.53. The summed E-state index contributed by atoms with van der Waals surface area (Å²) in [6.45, 7) is 0.392. The first-order valence-electron chi connectivity index (χ1n) is 11.0. The Balaban J connectivity index is 1.48. The topological polar surface area (TPSA) is 87.7 Å². The number of halogens is 2. The van der Waals surface area contributed by atoms with Crippen LogP contribution in [0.4, 0.5) is 10.5 Å². The predicted molar refractivity (Wildman–Crippen MR) is 143 cm³/mol. The molecule has 0 saturated carbocycles. The average Bonchev–Trinajstić information content (AvgIpc) is 3.23. The molecule has 2 aliphatic rings. The van der Waals surface area contributed by atoms with Gasteiger partial charge in [0.1, 0.15) is 18.7 Å². The van der Waals surface area contributed by atoms with Crippen molar-refractivity contribution in [2.75, 3.05) is 11.9 Å². The van der Waals surface area contributed by atoms with Crippen LogP contribution in [-0.2, 0) is 20.9 Å². The third kappa shape index (κ3) is 6.52. The Morgan fingerprint density at radius 1 is 1.23 bits per heavy atom. The molecule has 4 rings (SSSR count). The van der Waals surface area contributed by atoms with Gasteiger partial charge in [0.15, 0.2) is 5.78 Å². The molecule has 2 unspecified atom stereocenters. The van der Waals surface area contributed by atoms with Gasteiger partial charge in [-0.15, -0.1) is 0 Å². The number of hydrogen-bond acceptors (Lipinski definition) is 5. The van der Waals surface area contributed by atoms with Crippen LogP contribution in [-0.4, -0.2) is 41.3 Å². The summed E-state index contributed by atoms with van der Waals surface area (Å²) < 4.78 is 6.47. The Morgan fingerprint density at radius 3 is 2.80 bits per heavy atom. The monoisotopic (exact) mass is 603 g/mol. The number of hydrogen-bond donors (Lipinski definition) is 2. The van der Waals surface area contributed by atoms with Crippen LogP contribution >= 0.6 is 34.2 Å². The number of benzene rings is 2. The van der Waals surface area contributed by atoms with E-state index in [0.717, 1.165) is 9.13 Å². The van der Waals surface area contributed by atoms with E-state index in [0.29, 0.717) is 16.4 Å². The van der Waals surface area contributed by atoms with Gasteiger partial charge in [0.05, 0.1) is 6.54 Å². The van der Waals surface area contributed by atoms with Crippen molar-refractivity contribution in [3.63, 3.8) is 0 Å². The molecule has 180 valence electrons. The molecule has 1 saturated heterocycles. The molecule has 1 aliphatic heterocycles. The highest BCUT2D eigenvalue weighted by molar-refractivity contribution is 14.1. The van der Waals surface area contributed by atoms with Gasteiger partial charge in [0.2, 0.25) is 0 Å². The van der Waals surface area contributed by atoms with Crippen LogP contribution in [0.15, 0.2) is 84.6 Å². The Bertz CT molecular complexity index is 1210. The maximum absolute atomic E-state index is 13.0. The van der Waals surface area contributed by atoms with Gasteiger partial charge >= 0.3 is 12.0 Å². The summed E-state index contributed by atoms with van der Waals surface area (Å²) in [6.07, 6.45) is 8.58. The fourth-order valence-electron chi connectivity index (χ4n) is 3.71. The fourth-order valence-corrected chi connectivity index (χ4v) is 4.38. The number of esters is 1. The zero-order chi connectivity index (χ0) is 24.8. The molecule has 2 atom stereocenters. The summed E-state index contributed by atoms with van der Waals surface area (Å²) in [5, 5.41) is 6.57. The lowest BCUT2D eigenvalue weighted by Crippen LogP contribution is -2.41. The van der Waals surface area contributed by atoms with E-state index in [9.17, 15) is 14.4 Å². The summed E-state index contributed by atoms with van der Waals surface area (Å²) in [7, 11) is 0. The van der Waals surface area contributed by atoms with E-state index < -0.39 is 18.1 Å². The van der Waals surface area contributed by atoms with Crippen LogP contribution in [0.1, 0.15) is 12.0 Å². The van der Waals surface area contributed by atoms with Crippen molar-refractivity contribution in [3.8, 4) is 0 Å². The number of rotatable bonds is 8. The molecular weight excluding hydrogens is 581 g/mol. The minimum absolute atomic E-state index is 0.148. The molecule has 0 radical (unpaired) electrons. The lowest BCUT2D eigenvalue weighted by atomic mass is 10.1. The van der Waals surface area contributed by atoms with E-state index in [1.54, 1.807) is 36.4 Å². The lowest BCUT2D eigenvalue weighted by molar-refractivity contribution is -0.145. The van der Waals surface area contributed by atoms with Gasteiger partial charge in [-0.3, -0.25) is 4.79 Å². The van der Waals surface area contributed by atoms with E-state index >= 15 is 0 Å². The number of urea groups is 1. The van der Waals surface area contributed by atoms with Crippen molar-refractivity contribution in [2.24, 2.45) is 0 Å². The molecule has 2 amide bonds. The molecule has 2 N–H and O–H groups in total. The number of carbonyl (C=O) groups excluding carboxylic acids is 3. The van der Waals surface area contributed by atoms with E-state index in [1.807, 2.05) is 36.4 Å². The fraction of sp³-hybridized carbons (Fsp3) is 0.192. The van der Waals surface area contributed by atoms with Crippen LogP contribution in [0.2, 0.25) is 5.02 Å². The van der Waals surface area contributed by atoms with Crippen molar-refractivity contribution < 1.29 is 19.1 Å². The number of allylic oxidation sites excluding steroid dienone is 2. The maximum atomic E-state index is 13.0. The summed E-state index contributed by atoms with van der Waals surface area (Å²) in [6, 6.07) is 13.1. The van der Waals surface area contributed by atoms with E-state index in [2.05, 4.69) is 33.2 Å². The summed E-state index contributed by atoms with van der Waals surface area (Å²) in [5.74, 6) is -0.582. The molecule has 1 heterocycles. The van der Waals surface area contributed by atoms with Gasteiger partial charge in [-0.2, -0.15) is 0 Å². The second-order valence-electron chi connectivity index (χ2n) is 8.03. The normalized spacial score (nSPS) is 19.1. The Labute approximate surface area is 222 Å². The minimum Gasteiger partial charge on any atom is -0.459 e. The predicted octanol–water partition coefficient (Wildman–Crippen LogP) is 4.83. The molecule has 35 heavy (non-hydrogen) atoms. The van der Waals surface area contributed by atoms with Crippen LogP contribution in [0, 0.1) is 3.57 Å². The lowest BCUT2D eigenvalue weighted by Gasteiger charge is -2.22. The van der Waals surface area contributed by atoms with Gasteiger partial charge in [0, 0.05) is 20.0 Å². The highest BCUT2D eigenvalue weighted by atomic mass is 127. The van der Waals surface area contributed by atoms with E-state index in [-0.39, 0.29) is 31.4 Å². The number of nitrogens with one attached hydrogen (secondary N) is 2. The highest BCUT2D eigenvalue weighted by Crippen LogP contribution is 2.25. The molecule has 0 aromatic heterocycles. The van der Waals surface area contributed by atoms with Crippen molar-refractivity contribution in [2.45, 2.75) is 25.1 Å². The molecule has 2 aromatic rings. The van der Waals surface area contributed by atoms with Crippen molar-refractivity contribution in [1.82, 2.24) is 10.2 Å². The molecule has 9 heteroatoms. The summed E-state index contributed by atoms with van der Waals surface area (Å²) in [5.41, 5.74) is 2.21. The Kier molecular flexibility index (Phi) is 8.25. The first-order chi connectivity index (χ1) is 16.9. The maximum Gasteiger partial charge on any atom is 0.329 e. The number of anilines is 1. The average molecular weight is 604 g/mol. The number of carbonyl (C=O) groups is 3. The zero-order valence-corrected chi connectivity index (χ0v) is 21.5. The SMILES string of the molecule is O=C(OCc1ccccc1)C(C/C=C1/CN(C2C=CC=CC2=O)C(=O)N1)Nc1cc(Cl)ccc1I. The van der Waals surface area contributed by atoms with Gasteiger partial charge in [-0.25, -0.2) is 9.59 Å². The number of ether oxygens (including phenoxy) is 1. The molecule has 2 aromatic carbocycles. The first-order valence-corrected chi connectivity index (χ1v) is 12.4. The molecule has 7 nitrogen and oxygen atoms in total. The van der Waals surface area contributed by atoms with Crippen LogP contribution in [0.25, 0.3) is 0 Å². The van der Waals surface area contributed by atoms with Gasteiger partial charge < -0.3 is 20.3 Å². The highest BCUT2D eigenvalue weighted by Gasteiger charge is 2.33. The second kappa shape index (κ2) is 11.5. The first kappa shape index (κ1) is 25.0. The minimum atomic E-state index is -0.719. The molecule has 1 fully saturated rings. The Morgan fingerprint density at radius 2 is 2.03 bits per heavy atom. The standard InChI is InChI=1S/C26H23ClIN3O4/c27-18-10-12-20(28)22(14-18)30-21(25(33)35-16-17-6-2-1-3-7-17)13-11-19-15-31(26(34)29-19)23-8-4-5-9-24(23)32/h1-12,14,21,23,30H,13,15-16H2,(H,29,34)/b19-11-. The van der Waals surface area contributed by atoms with Crippen LogP contribution in [0.3, 0.4) is 0 Å². The van der Waals surface area contributed by atoms with Gasteiger partial charge in [0.25, 0.3) is 0 Å². The molecular formula is C26H23ClIN3O4.